The zero-order valence-electron chi connectivity index (χ0n) is 13.2. The monoisotopic (exact) mass is 267 g/mol. The van der Waals surface area contributed by atoms with E-state index in [0.717, 1.165) is 24.4 Å². The van der Waals surface area contributed by atoms with Crippen LogP contribution >= 0.6 is 0 Å². The average Bonchev–Trinajstić information content (AvgIpc) is 2.44. The van der Waals surface area contributed by atoms with Gasteiger partial charge in [-0.05, 0) is 69.7 Å². The Labute approximate surface area is 119 Å². The fraction of sp³-hybridized carbons (Fsp3) is 1.00. The third-order valence-electron chi connectivity index (χ3n) is 5.65. The highest BCUT2D eigenvalue weighted by Crippen LogP contribution is 2.36. The number of nitrogens with one attached hydrogen (secondary N) is 1. The molecule has 1 N–H and O–H groups in total. The van der Waals surface area contributed by atoms with Gasteiger partial charge < -0.3 is 10.1 Å². The van der Waals surface area contributed by atoms with E-state index in [1.165, 1.54) is 51.4 Å². The molecule has 0 amide bonds. The molecule has 0 aromatic rings. The largest absolute Gasteiger partial charge is 0.378 e. The highest BCUT2D eigenvalue weighted by Gasteiger charge is 2.29. The van der Waals surface area contributed by atoms with Gasteiger partial charge in [-0.1, -0.05) is 20.3 Å². The predicted octanol–water partition coefficient (Wildman–Crippen LogP) is 4.00. The van der Waals surface area contributed by atoms with Crippen LogP contribution in [0.4, 0.5) is 0 Å². The van der Waals surface area contributed by atoms with E-state index in [4.69, 9.17) is 4.74 Å². The van der Waals surface area contributed by atoms with Crippen LogP contribution in [-0.2, 0) is 4.74 Å². The SMILES string of the molecule is CNC(CCC1CCCCO1)C1CCC(C)C(C)C1. The molecule has 1 aliphatic carbocycles. The van der Waals surface area contributed by atoms with Crippen molar-refractivity contribution in [3.05, 3.63) is 0 Å². The maximum Gasteiger partial charge on any atom is 0.0575 e. The van der Waals surface area contributed by atoms with Crippen LogP contribution in [0.25, 0.3) is 0 Å². The van der Waals surface area contributed by atoms with Gasteiger partial charge in [0, 0.05) is 12.6 Å². The van der Waals surface area contributed by atoms with Crippen molar-refractivity contribution in [2.75, 3.05) is 13.7 Å². The first kappa shape index (κ1) is 15.3. The fourth-order valence-electron chi connectivity index (χ4n) is 3.97. The normalized spacial score (nSPS) is 38.1. The molecule has 0 spiro atoms. The Balaban J connectivity index is 1.75. The molecule has 0 bridgehead atoms. The van der Waals surface area contributed by atoms with Crippen LogP contribution < -0.4 is 5.32 Å². The molecule has 0 aromatic heterocycles. The van der Waals surface area contributed by atoms with Crippen LogP contribution in [0.1, 0.15) is 65.2 Å². The van der Waals surface area contributed by atoms with Crippen LogP contribution in [-0.4, -0.2) is 25.8 Å². The summed E-state index contributed by atoms with van der Waals surface area (Å²) in [6.45, 7) is 5.85. The summed E-state index contributed by atoms with van der Waals surface area (Å²) in [7, 11) is 2.15. The zero-order chi connectivity index (χ0) is 13.7. The Morgan fingerprint density at radius 3 is 2.58 bits per heavy atom. The van der Waals surface area contributed by atoms with E-state index in [1.54, 1.807) is 0 Å². The molecule has 5 unspecified atom stereocenters. The van der Waals surface area contributed by atoms with E-state index in [1.807, 2.05) is 0 Å². The molecule has 1 aliphatic heterocycles. The number of hydrogen-bond acceptors (Lipinski definition) is 2. The molecule has 2 heteroatoms. The van der Waals surface area contributed by atoms with E-state index < -0.39 is 0 Å². The van der Waals surface area contributed by atoms with Gasteiger partial charge in [0.15, 0.2) is 0 Å². The molecule has 1 heterocycles. The van der Waals surface area contributed by atoms with Gasteiger partial charge in [0.2, 0.25) is 0 Å². The van der Waals surface area contributed by atoms with E-state index in [-0.39, 0.29) is 0 Å². The molecule has 2 nitrogen and oxygen atoms in total. The second kappa shape index (κ2) is 7.64. The Morgan fingerprint density at radius 1 is 1.11 bits per heavy atom. The minimum absolute atomic E-state index is 0.546. The zero-order valence-corrected chi connectivity index (χ0v) is 13.2. The average molecular weight is 267 g/mol. The standard InChI is InChI=1S/C17H33NO/c1-13-7-8-15(12-14(13)2)17(18-3)10-9-16-6-4-5-11-19-16/h13-18H,4-12H2,1-3H3. The second-order valence-corrected chi connectivity index (χ2v) is 6.99. The summed E-state index contributed by atoms with van der Waals surface area (Å²) in [6, 6.07) is 0.709. The smallest absolute Gasteiger partial charge is 0.0575 e. The molecule has 112 valence electrons. The molecule has 0 aromatic carbocycles. The van der Waals surface area contributed by atoms with E-state index >= 15 is 0 Å². The molecule has 1 saturated heterocycles. The van der Waals surface area contributed by atoms with Crippen molar-refractivity contribution in [1.82, 2.24) is 5.32 Å². The number of ether oxygens (including phenoxy) is 1. The quantitative estimate of drug-likeness (QED) is 0.813. The topological polar surface area (TPSA) is 21.3 Å². The molecule has 2 fully saturated rings. The van der Waals surface area contributed by atoms with Crippen molar-refractivity contribution in [2.45, 2.75) is 77.4 Å². The van der Waals surface area contributed by atoms with Gasteiger partial charge in [-0.15, -0.1) is 0 Å². The van der Waals surface area contributed by atoms with Crippen LogP contribution in [0.5, 0.6) is 0 Å². The molecule has 0 radical (unpaired) electrons. The third-order valence-corrected chi connectivity index (χ3v) is 5.65. The fourth-order valence-corrected chi connectivity index (χ4v) is 3.97. The van der Waals surface area contributed by atoms with Crippen molar-refractivity contribution in [3.8, 4) is 0 Å². The van der Waals surface area contributed by atoms with Crippen molar-refractivity contribution in [2.24, 2.45) is 17.8 Å². The number of rotatable bonds is 5. The minimum atomic E-state index is 0.546. The van der Waals surface area contributed by atoms with Crippen LogP contribution in [0, 0.1) is 17.8 Å². The second-order valence-electron chi connectivity index (χ2n) is 6.99. The maximum atomic E-state index is 5.87. The lowest BCUT2D eigenvalue weighted by atomic mass is 9.72. The van der Waals surface area contributed by atoms with Crippen molar-refractivity contribution in [3.63, 3.8) is 0 Å². The first-order chi connectivity index (χ1) is 9.20. The van der Waals surface area contributed by atoms with Crippen LogP contribution in [0.15, 0.2) is 0 Å². The minimum Gasteiger partial charge on any atom is -0.378 e. The molecule has 2 aliphatic rings. The third kappa shape index (κ3) is 4.46. The summed E-state index contributed by atoms with van der Waals surface area (Å²) in [5.41, 5.74) is 0. The van der Waals surface area contributed by atoms with Crippen molar-refractivity contribution < 1.29 is 4.74 Å². The summed E-state index contributed by atoms with van der Waals surface area (Å²) in [4.78, 5) is 0. The van der Waals surface area contributed by atoms with Gasteiger partial charge in [0.25, 0.3) is 0 Å². The Bertz CT molecular complexity index is 250. The number of hydrogen-bond donors (Lipinski definition) is 1. The van der Waals surface area contributed by atoms with E-state index in [0.29, 0.717) is 12.1 Å². The van der Waals surface area contributed by atoms with Gasteiger partial charge in [-0.25, -0.2) is 0 Å². The first-order valence-corrected chi connectivity index (χ1v) is 8.49. The van der Waals surface area contributed by atoms with Crippen LogP contribution in [0.2, 0.25) is 0 Å². The van der Waals surface area contributed by atoms with Gasteiger partial charge >= 0.3 is 0 Å². The van der Waals surface area contributed by atoms with Crippen LogP contribution in [0.3, 0.4) is 0 Å². The van der Waals surface area contributed by atoms with Gasteiger partial charge in [0.1, 0.15) is 0 Å². The van der Waals surface area contributed by atoms with E-state index in [9.17, 15) is 0 Å². The lowest BCUT2D eigenvalue weighted by Gasteiger charge is -2.37. The maximum absolute atomic E-state index is 5.87. The predicted molar refractivity (Wildman–Crippen MR) is 81.3 cm³/mol. The summed E-state index contributed by atoms with van der Waals surface area (Å²) in [6.07, 6.45) is 11.3. The van der Waals surface area contributed by atoms with Gasteiger partial charge in [-0.3, -0.25) is 0 Å². The highest BCUT2D eigenvalue weighted by molar-refractivity contribution is 4.84. The molecule has 2 rings (SSSR count). The molecular formula is C17H33NO. The Morgan fingerprint density at radius 2 is 1.95 bits per heavy atom. The highest BCUT2D eigenvalue weighted by atomic mass is 16.5. The van der Waals surface area contributed by atoms with E-state index in [2.05, 4.69) is 26.2 Å². The summed E-state index contributed by atoms with van der Waals surface area (Å²) in [5.74, 6) is 2.72. The molecule has 19 heavy (non-hydrogen) atoms. The van der Waals surface area contributed by atoms with Gasteiger partial charge in [0.05, 0.1) is 6.10 Å². The Kier molecular flexibility index (Phi) is 6.15. The Hall–Kier alpha value is -0.0800. The van der Waals surface area contributed by atoms with Crippen molar-refractivity contribution >= 4 is 0 Å². The summed E-state index contributed by atoms with van der Waals surface area (Å²) >= 11 is 0. The first-order valence-electron chi connectivity index (χ1n) is 8.49. The lowest BCUT2D eigenvalue weighted by Crippen LogP contribution is -2.38. The summed E-state index contributed by atoms with van der Waals surface area (Å²) in [5, 5.41) is 3.59. The lowest BCUT2D eigenvalue weighted by molar-refractivity contribution is 0.00664. The van der Waals surface area contributed by atoms with Gasteiger partial charge in [-0.2, -0.15) is 0 Å². The molecule has 5 atom stereocenters. The summed E-state index contributed by atoms with van der Waals surface area (Å²) < 4.78 is 5.87. The molecular weight excluding hydrogens is 234 g/mol. The van der Waals surface area contributed by atoms with Crippen molar-refractivity contribution in [1.29, 1.82) is 0 Å². The molecule has 1 saturated carbocycles.